The minimum atomic E-state index is 0.0976. The molecule has 0 saturated carbocycles. The Balaban J connectivity index is 1.39. The Morgan fingerprint density at radius 3 is 2.39 bits per heavy atom. The number of imidazole rings is 1. The van der Waals surface area contributed by atoms with Gasteiger partial charge in [-0.3, -0.25) is 4.79 Å². The average molecular weight is 438 g/mol. The molecule has 4 aromatic rings. The Hall–Kier alpha value is -3.40. The number of aromatic nitrogens is 2. The monoisotopic (exact) mass is 437 g/mol. The summed E-state index contributed by atoms with van der Waals surface area (Å²) in [4.78, 5) is 20.0. The fourth-order valence-corrected chi connectivity index (χ4v) is 4.88. The summed E-state index contributed by atoms with van der Waals surface area (Å²) in [7, 11) is 0. The van der Waals surface area contributed by atoms with Crippen molar-refractivity contribution in [3.05, 3.63) is 95.8 Å². The number of amides is 1. The number of benzene rings is 3. The molecule has 1 saturated heterocycles. The number of carbonyl (C=O) groups is 1. The summed E-state index contributed by atoms with van der Waals surface area (Å²) in [5, 5.41) is 0. The van der Waals surface area contributed by atoms with Crippen LogP contribution in [0.15, 0.2) is 78.9 Å². The van der Waals surface area contributed by atoms with Crippen LogP contribution in [0.4, 0.5) is 5.69 Å². The molecule has 0 aliphatic carbocycles. The van der Waals surface area contributed by atoms with E-state index in [1.165, 1.54) is 24.0 Å². The van der Waals surface area contributed by atoms with E-state index in [9.17, 15) is 4.79 Å². The summed E-state index contributed by atoms with van der Waals surface area (Å²) in [5.41, 5.74) is 5.80. The lowest BCUT2D eigenvalue weighted by atomic mass is 10.1. The van der Waals surface area contributed by atoms with Gasteiger partial charge in [0.1, 0.15) is 5.82 Å². The van der Waals surface area contributed by atoms with Gasteiger partial charge in [0.2, 0.25) is 5.91 Å². The molecule has 1 atom stereocenters. The summed E-state index contributed by atoms with van der Waals surface area (Å²) < 4.78 is 2.33. The molecule has 4 heteroatoms. The summed E-state index contributed by atoms with van der Waals surface area (Å²) in [6, 6.07) is 27.4. The van der Waals surface area contributed by atoms with Crippen LogP contribution < -0.4 is 4.90 Å². The van der Waals surface area contributed by atoms with Gasteiger partial charge in [0.25, 0.3) is 0 Å². The van der Waals surface area contributed by atoms with Crippen molar-refractivity contribution in [1.29, 1.82) is 0 Å². The molecule has 168 valence electrons. The highest BCUT2D eigenvalue weighted by molar-refractivity contribution is 5.96. The number of nitrogens with zero attached hydrogens (tertiary/aromatic N) is 3. The van der Waals surface area contributed by atoms with Crippen molar-refractivity contribution >= 4 is 22.6 Å². The molecule has 4 nitrogen and oxygen atoms in total. The minimum absolute atomic E-state index is 0.0976. The molecule has 0 bridgehead atoms. The van der Waals surface area contributed by atoms with E-state index in [0.29, 0.717) is 13.0 Å². The highest BCUT2D eigenvalue weighted by Crippen LogP contribution is 2.33. The molecule has 5 rings (SSSR count). The van der Waals surface area contributed by atoms with Gasteiger partial charge < -0.3 is 9.47 Å². The maximum Gasteiger partial charge on any atom is 0.227 e. The highest BCUT2D eigenvalue weighted by atomic mass is 16.2. The van der Waals surface area contributed by atoms with Crippen molar-refractivity contribution in [3.63, 3.8) is 0 Å². The van der Waals surface area contributed by atoms with Crippen molar-refractivity contribution in [1.82, 2.24) is 9.55 Å². The lowest BCUT2D eigenvalue weighted by Gasteiger charge is -2.18. The van der Waals surface area contributed by atoms with Gasteiger partial charge >= 0.3 is 0 Å². The lowest BCUT2D eigenvalue weighted by Crippen LogP contribution is -2.24. The number of unbranched alkanes of at least 4 members (excludes halogenated alkanes) is 1. The molecule has 3 aromatic carbocycles. The Morgan fingerprint density at radius 1 is 0.879 bits per heavy atom. The smallest absolute Gasteiger partial charge is 0.227 e. The SMILES string of the molecule is CCCCc1ccc(N2CC(c3nc4ccccc4n3CCc3ccccc3)CC2=O)cc1. The Kier molecular flexibility index (Phi) is 6.25. The number of anilines is 1. The quantitative estimate of drug-likeness (QED) is 0.332. The van der Waals surface area contributed by atoms with E-state index < -0.39 is 0 Å². The van der Waals surface area contributed by atoms with Crippen LogP contribution in [-0.2, 0) is 24.2 Å². The van der Waals surface area contributed by atoms with Crippen molar-refractivity contribution in [3.8, 4) is 0 Å². The van der Waals surface area contributed by atoms with Crippen molar-refractivity contribution in [2.24, 2.45) is 0 Å². The average Bonchev–Trinajstić information content (AvgIpc) is 3.43. The molecular formula is C29H31N3O. The second-order valence-corrected chi connectivity index (χ2v) is 9.02. The molecule has 1 aliphatic rings. The summed E-state index contributed by atoms with van der Waals surface area (Å²) in [6.07, 6.45) is 4.94. The van der Waals surface area contributed by atoms with Crippen molar-refractivity contribution in [2.75, 3.05) is 11.4 Å². The fourth-order valence-electron chi connectivity index (χ4n) is 4.88. The third-order valence-electron chi connectivity index (χ3n) is 6.71. The maximum atomic E-state index is 13.0. The molecule has 2 heterocycles. The Labute approximate surface area is 195 Å². The molecule has 1 unspecified atom stereocenters. The zero-order chi connectivity index (χ0) is 22.6. The van der Waals surface area contributed by atoms with Crippen LogP contribution in [0.2, 0.25) is 0 Å². The van der Waals surface area contributed by atoms with E-state index in [2.05, 4.69) is 84.3 Å². The Morgan fingerprint density at radius 2 is 1.61 bits per heavy atom. The molecule has 0 N–H and O–H groups in total. The number of fused-ring (bicyclic) bond motifs is 1. The molecule has 0 radical (unpaired) electrons. The van der Waals surface area contributed by atoms with Crippen LogP contribution in [-0.4, -0.2) is 22.0 Å². The second-order valence-electron chi connectivity index (χ2n) is 9.02. The van der Waals surface area contributed by atoms with Crippen LogP contribution >= 0.6 is 0 Å². The molecule has 1 amide bonds. The van der Waals surface area contributed by atoms with E-state index >= 15 is 0 Å². The molecule has 0 spiro atoms. The van der Waals surface area contributed by atoms with E-state index in [4.69, 9.17) is 4.98 Å². The van der Waals surface area contributed by atoms with E-state index in [0.717, 1.165) is 41.9 Å². The lowest BCUT2D eigenvalue weighted by molar-refractivity contribution is -0.117. The van der Waals surface area contributed by atoms with Crippen LogP contribution in [0.25, 0.3) is 11.0 Å². The normalized spacial score (nSPS) is 16.1. The number of hydrogen-bond acceptors (Lipinski definition) is 2. The van der Waals surface area contributed by atoms with Crippen molar-refractivity contribution < 1.29 is 4.79 Å². The third kappa shape index (κ3) is 4.56. The summed E-state index contributed by atoms with van der Waals surface area (Å²) in [5.74, 6) is 1.31. The Bertz CT molecular complexity index is 1230. The number of aryl methyl sites for hydroxylation is 3. The van der Waals surface area contributed by atoms with Gasteiger partial charge in [-0.25, -0.2) is 4.98 Å². The van der Waals surface area contributed by atoms with E-state index in [1.807, 2.05) is 11.0 Å². The standard InChI is InChI=1S/C29H31N3O/c1-2-3-9-23-14-16-25(17-15-23)32-21-24(20-28(32)33)29-30-26-12-7-8-13-27(26)31(29)19-18-22-10-5-4-6-11-22/h4-8,10-17,24H,2-3,9,18-21H2,1H3. The van der Waals surface area contributed by atoms with Gasteiger partial charge in [-0.05, 0) is 54.7 Å². The number of carbonyl (C=O) groups excluding carboxylic acids is 1. The topological polar surface area (TPSA) is 38.1 Å². The van der Waals surface area contributed by atoms with E-state index in [-0.39, 0.29) is 11.8 Å². The predicted octanol–water partition coefficient (Wildman–Crippen LogP) is 6.14. The van der Waals surface area contributed by atoms with Crippen LogP contribution in [0.5, 0.6) is 0 Å². The van der Waals surface area contributed by atoms with Crippen LogP contribution in [0.1, 0.15) is 49.1 Å². The van der Waals surface area contributed by atoms with E-state index in [1.54, 1.807) is 0 Å². The first-order chi connectivity index (χ1) is 16.2. The van der Waals surface area contributed by atoms with Gasteiger partial charge in [0.15, 0.2) is 0 Å². The van der Waals surface area contributed by atoms with Gasteiger partial charge in [-0.15, -0.1) is 0 Å². The fraction of sp³-hybridized carbons (Fsp3) is 0.310. The molecule has 1 fully saturated rings. The predicted molar refractivity (Wildman–Crippen MR) is 135 cm³/mol. The number of hydrogen-bond donors (Lipinski definition) is 0. The van der Waals surface area contributed by atoms with Gasteiger partial charge in [-0.1, -0.05) is 67.9 Å². The summed E-state index contributed by atoms with van der Waals surface area (Å²) in [6.45, 7) is 3.75. The summed E-state index contributed by atoms with van der Waals surface area (Å²) >= 11 is 0. The first-order valence-corrected chi connectivity index (χ1v) is 12.1. The zero-order valence-corrected chi connectivity index (χ0v) is 19.3. The largest absolute Gasteiger partial charge is 0.327 e. The maximum absolute atomic E-state index is 13.0. The highest BCUT2D eigenvalue weighted by Gasteiger charge is 2.34. The third-order valence-corrected chi connectivity index (χ3v) is 6.71. The number of para-hydroxylation sites is 2. The number of rotatable bonds is 8. The van der Waals surface area contributed by atoms with Crippen LogP contribution in [0.3, 0.4) is 0 Å². The zero-order valence-electron chi connectivity index (χ0n) is 19.3. The molecule has 1 aliphatic heterocycles. The molecular weight excluding hydrogens is 406 g/mol. The van der Waals surface area contributed by atoms with Crippen molar-refractivity contribution in [2.45, 2.75) is 51.5 Å². The first kappa shape index (κ1) is 21.4. The van der Waals surface area contributed by atoms with Crippen LogP contribution in [0, 0.1) is 0 Å². The molecule has 33 heavy (non-hydrogen) atoms. The second kappa shape index (κ2) is 9.62. The van der Waals surface area contributed by atoms with Gasteiger partial charge in [0.05, 0.1) is 11.0 Å². The first-order valence-electron chi connectivity index (χ1n) is 12.1. The van der Waals surface area contributed by atoms with Gasteiger partial charge in [-0.2, -0.15) is 0 Å². The molecule has 1 aromatic heterocycles. The van der Waals surface area contributed by atoms with Gasteiger partial charge in [0, 0.05) is 31.1 Å². The minimum Gasteiger partial charge on any atom is -0.327 e.